The molecule has 0 saturated heterocycles. The van der Waals surface area contributed by atoms with Crippen molar-refractivity contribution in [3.8, 4) is 6.07 Å². The monoisotopic (exact) mass is 174 g/mol. The van der Waals surface area contributed by atoms with Gasteiger partial charge in [-0.05, 0) is 31.2 Å². The number of nitrogens with zero attached hydrogens (tertiary/aromatic N) is 2. The molecule has 0 atom stereocenters. The van der Waals surface area contributed by atoms with E-state index in [1.165, 1.54) is 6.40 Å². The van der Waals surface area contributed by atoms with Crippen LogP contribution in [0.3, 0.4) is 0 Å². The minimum Gasteiger partial charge on any atom is -0.483 e. The highest BCUT2D eigenvalue weighted by Gasteiger charge is 1.89. The number of hydrogen-bond donors (Lipinski definition) is 0. The van der Waals surface area contributed by atoms with Crippen molar-refractivity contribution in [1.29, 1.82) is 5.26 Å². The zero-order chi connectivity index (χ0) is 9.52. The van der Waals surface area contributed by atoms with Gasteiger partial charge in [-0.15, -0.1) is 0 Å². The lowest BCUT2D eigenvalue weighted by Gasteiger charge is -1.93. The van der Waals surface area contributed by atoms with Gasteiger partial charge in [-0.25, -0.2) is 4.99 Å². The summed E-state index contributed by atoms with van der Waals surface area (Å²) in [6, 6.07) is 9.02. The van der Waals surface area contributed by atoms with Crippen molar-refractivity contribution in [3.05, 3.63) is 29.8 Å². The number of aliphatic imine (C=N–C) groups is 1. The molecule has 0 aliphatic carbocycles. The number of rotatable bonds is 3. The Bertz CT molecular complexity index is 322. The van der Waals surface area contributed by atoms with Gasteiger partial charge in [0.1, 0.15) is 0 Å². The molecule has 1 aromatic rings. The number of ether oxygens (including phenoxy) is 1. The molecule has 0 spiro atoms. The van der Waals surface area contributed by atoms with Crippen molar-refractivity contribution < 1.29 is 4.74 Å². The van der Waals surface area contributed by atoms with Crippen LogP contribution in [-0.4, -0.2) is 13.0 Å². The van der Waals surface area contributed by atoms with E-state index in [1.54, 1.807) is 24.3 Å². The van der Waals surface area contributed by atoms with Crippen LogP contribution in [0.25, 0.3) is 0 Å². The molecular weight excluding hydrogens is 164 g/mol. The van der Waals surface area contributed by atoms with Gasteiger partial charge in [-0.3, -0.25) is 0 Å². The Morgan fingerprint density at radius 2 is 2.15 bits per heavy atom. The van der Waals surface area contributed by atoms with Gasteiger partial charge in [0.15, 0.2) is 6.40 Å². The van der Waals surface area contributed by atoms with Crippen molar-refractivity contribution in [1.82, 2.24) is 0 Å². The first-order chi connectivity index (χ1) is 6.36. The summed E-state index contributed by atoms with van der Waals surface area (Å²) in [4.78, 5) is 4.01. The third-order valence-electron chi connectivity index (χ3n) is 1.44. The van der Waals surface area contributed by atoms with E-state index in [2.05, 4.69) is 4.99 Å². The van der Waals surface area contributed by atoms with Gasteiger partial charge in [0.05, 0.1) is 23.9 Å². The van der Waals surface area contributed by atoms with Crippen LogP contribution in [0, 0.1) is 11.3 Å². The van der Waals surface area contributed by atoms with Crippen molar-refractivity contribution in [2.75, 3.05) is 6.61 Å². The van der Waals surface area contributed by atoms with Crippen LogP contribution < -0.4 is 0 Å². The predicted octanol–water partition coefficient (Wildman–Crippen LogP) is 2.25. The van der Waals surface area contributed by atoms with Gasteiger partial charge in [0.2, 0.25) is 0 Å². The Kier molecular flexibility index (Phi) is 3.52. The van der Waals surface area contributed by atoms with E-state index in [4.69, 9.17) is 10.00 Å². The van der Waals surface area contributed by atoms with Gasteiger partial charge < -0.3 is 4.74 Å². The van der Waals surface area contributed by atoms with E-state index in [0.717, 1.165) is 5.69 Å². The molecule has 0 bridgehead atoms. The third kappa shape index (κ3) is 2.96. The maximum atomic E-state index is 8.53. The van der Waals surface area contributed by atoms with Gasteiger partial charge in [0.25, 0.3) is 0 Å². The largest absolute Gasteiger partial charge is 0.483 e. The minimum absolute atomic E-state index is 0.611. The third-order valence-corrected chi connectivity index (χ3v) is 1.44. The Morgan fingerprint density at radius 3 is 2.69 bits per heavy atom. The smallest absolute Gasteiger partial charge is 0.174 e. The standard InChI is InChI=1S/C10H10N2O/c1-2-13-8-12-10-5-3-9(7-11)4-6-10/h3-6,8H,2H2,1H3. The van der Waals surface area contributed by atoms with E-state index in [1.807, 2.05) is 13.0 Å². The highest BCUT2D eigenvalue weighted by Crippen LogP contribution is 2.11. The van der Waals surface area contributed by atoms with E-state index in [9.17, 15) is 0 Å². The zero-order valence-electron chi connectivity index (χ0n) is 7.40. The second-order valence-corrected chi connectivity index (χ2v) is 2.35. The predicted molar refractivity (Wildman–Crippen MR) is 50.9 cm³/mol. The van der Waals surface area contributed by atoms with Crippen LogP contribution in [0.1, 0.15) is 12.5 Å². The molecule has 0 saturated carbocycles. The van der Waals surface area contributed by atoms with Gasteiger partial charge in [-0.2, -0.15) is 5.26 Å². The summed E-state index contributed by atoms with van der Waals surface area (Å²) in [5, 5.41) is 8.53. The number of nitriles is 1. The Balaban J connectivity index is 2.65. The average molecular weight is 174 g/mol. The molecule has 0 aliphatic heterocycles. The molecule has 1 rings (SSSR count). The Labute approximate surface area is 77.3 Å². The molecule has 0 aliphatic rings. The van der Waals surface area contributed by atoms with Crippen LogP contribution in [0.5, 0.6) is 0 Å². The minimum atomic E-state index is 0.611. The normalized spacial score (nSPS) is 9.85. The maximum Gasteiger partial charge on any atom is 0.174 e. The van der Waals surface area contributed by atoms with E-state index >= 15 is 0 Å². The SMILES string of the molecule is CCOC=Nc1ccc(C#N)cc1. The second kappa shape index (κ2) is 4.94. The molecule has 3 heteroatoms. The first-order valence-electron chi connectivity index (χ1n) is 4.01. The van der Waals surface area contributed by atoms with Gasteiger partial charge in [0, 0.05) is 0 Å². The molecule has 13 heavy (non-hydrogen) atoms. The molecule has 0 radical (unpaired) electrons. The molecule has 0 N–H and O–H groups in total. The summed E-state index contributed by atoms with van der Waals surface area (Å²) in [6.45, 7) is 2.50. The van der Waals surface area contributed by atoms with Crippen molar-refractivity contribution in [2.24, 2.45) is 4.99 Å². The van der Waals surface area contributed by atoms with Gasteiger partial charge in [-0.1, -0.05) is 0 Å². The van der Waals surface area contributed by atoms with Crippen molar-refractivity contribution >= 4 is 12.1 Å². The van der Waals surface area contributed by atoms with Crippen LogP contribution in [0.2, 0.25) is 0 Å². The van der Waals surface area contributed by atoms with Gasteiger partial charge >= 0.3 is 0 Å². The summed E-state index contributed by atoms with van der Waals surface area (Å²) < 4.78 is 4.94. The Morgan fingerprint density at radius 1 is 1.46 bits per heavy atom. The van der Waals surface area contributed by atoms with Crippen molar-refractivity contribution in [2.45, 2.75) is 6.92 Å². The fourth-order valence-electron chi connectivity index (χ4n) is 0.795. The number of hydrogen-bond acceptors (Lipinski definition) is 3. The van der Waals surface area contributed by atoms with Crippen molar-refractivity contribution in [3.63, 3.8) is 0 Å². The lowest BCUT2D eigenvalue weighted by Crippen LogP contribution is -1.83. The summed E-state index contributed by atoms with van der Waals surface area (Å²) in [5.74, 6) is 0. The lowest BCUT2D eigenvalue weighted by atomic mass is 10.2. The molecule has 0 fully saturated rings. The van der Waals surface area contributed by atoms with E-state index in [0.29, 0.717) is 12.2 Å². The zero-order valence-corrected chi connectivity index (χ0v) is 7.40. The number of benzene rings is 1. The molecule has 1 aromatic carbocycles. The summed E-state index contributed by atoms with van der Waals surface area (Å²) >= 11 is 0. The van der Waals surface area contributed by atoms with E-state index < -0.39 is 0 Å². The topological polar surface area (TPSA) is 45.4 Å². The second-order valence-electron chi connectivity index (χ2n) is 2.35. The molecular formula is C10H10N2O. The maximum absolute atomic E-state index is 8.53. The first kappa shape index (κ1) is 9.27. The average Bonchev–Trinajstić information content (AvgIpc) is 2.19. The molecule has 0 amide bonds. The first-order valence-corrected chi connectivity index (χ1v) is 4.01. The van der Waals surface area contributed by atoms with E-state index in [-0.39, 0.29) is 0 Å². The highest BCUT2D eigenvalue weighted by atomic mass is 16.5. The van der Waals surface area contributed by atoms with Crippen LogP contribution in [0.15, 0.2) is 29.3 Å². The van der Waals surface area contributed by atoms with Crippen LogP contribution in [0.4, 0.5) is 5.69 Å². The molecule has 3 nitrogen and oxygen atoms in total. The summed E-state index contributed by atoms with van der Waals surface area (Å²) in [7, 11) is 0. The fourth-order valence-corrected chi connectivity index (χ4v) is 0.795. The van der Waals surface area contributed by atoms with Crippen LogP contribution in [-0.2, 0) is 4.74 Å². The molecule has 0 unspecified atom stereocenters. The Hall–Kier alpha value is -1.82. The molecule has 66 valence electrons. The fraction of sp³-hybridized carbons (Fsp3) is 0.200. The summed E-state index contributed by atoms with van der Waals surface area (Å²) in [5.41, 5.74) is 1.42. The lowest BCUT2D eigenvalue weighted by molar-refractivity contribution is 0.344. The summed E-state index contributed by atoms with van der Waals surface area (Å²) in [6.07, 6.45) is 1.40. The molecule has 0 aromatic heterocycles. The van der Waals surface area contributed by atoms with Crippen LogP contribution >= 0.6 is 0 Å². The quantitative estimate of drug-likeness (QED) is 0.521. The highest BCUT2D eigenvalue weighted by molar-refractivity contribution is 5.56. The molecule has 0 heterocycles.